The van der Waals surface area contributed by atoms with Gasteiger partial charge in [0.25, 0.3) is 5.97 Å². The zero-order chi connectivity index (χ0) is 10.6. The number of aryl methyl sites for hydroxylation is 1. The SMILES string of the molecule is CC(=O)O.OC1CCc2ccccc21. The number of rotatable bonds is 0. The van der Waals surface area contributed by atoms with Crippen molar-refractivity contribution in [1.29, 1.82) is 0 Å². The summed E-state index contributed by atoms with van der Waals surface area (Å²) in [6.07, 6.45) is 1.74. The summed E-state index contributed by atoms with van der Waals surface area (Å²) in [6, 6.07) is 8.10. The van der Waals surface area contributed by atoms with E-state index in [9.17, 15) is 5.11 Å². The molecule has 2 rings (SSSR count). The Morgan fingerprint density at radius 1 is 1.43 bits per heavy atom. The van der Waals surface area contributed by atoms with Gasteiger partial charge in [-0.05, 0) is 24.0 Å². The van der Waals surface area contributed by atoms with Crippen molar-refractivity contribution >= 4 is 5.97 Å². The van der Waals surface area contributed by atoms with Crippen LogP contribution in [0.2, 0.25) is 0 Å². The van der Waals surface area contributed by atoms with Crippen molar-refractivity contribution in [2.24, 2.45) is 0 Å². The standard InChI is InChI=1S/C9H10O.C2H4O2/c10-9-6-5-7-3-1-2-4-8(7)9;1-2(3)4/h1-4,9-10H,5-6H2;1H3,(H,3,4). The molecule has 0 saturated heterocycles. The van der Waals surface area contributed by atoms with Crippen LogP contribution in [0.15, 0.2) is 24.3 Å². The normalized spacial score (nSPS) is 18.0. The van der Waals surface area contributed by atoms with Gasteiger partial charge in [-0.1, -0.05) is 24.3 Å². The number of aliphatic carboxylic acids is 1. The molecule has 2 N–H and O–H groups in total. The molecule has 0 radical (unpaired) electrons. The third kappa shape index (κ3) is 2.85. The van der Waals surface area contributed by atoms with Crippen LogP contribution in [0.1, 0.15) is 30.6 Å². The second-order valence-electron chi connectivity index (χ2n) is 3.27. The first-order valence-electron chi connectivity index (χ1n) is 4.56. The lowest BCUT2D eigenvalue weighted by Gasteiger charge is -2.00. The molecule has 1 aromatic rings. The lowest BCUT2D eigenvalue weighted by molar-refractivity contribution is -0.134. The Hall–Kier alpha value is -1.35. The van der Waals surface area contributed by atoms with Crippen LogP contribution in [0, 0.1) is 0 Å². The lowest BCUT2D eigenvalue weighted by atomic mass is 10.1. The Bertz CT molecular complexity index is 316. The van der Waals surface area contributed by atoms with Gasteiger partial charge in [0.05, 0.1) is 6.10 Å². The smallest absolute Gasteiger partial charge is 0.300 e. The highest BCUT2D eigenvalue weighted by Gasteiger charge is 2.18. The predicted molar refractivity (Wildman–Crippen MR) is 53.0 cm³/mol. The predicted octanol–water partition coefficient (Wildman–Crippen LogP) is 1.76. The van der Waals surface area contributed by atoms with E-state index >= 15 is 0 Å². The molecule has 76 valence electrons. The summed E-state index contributed by atoms with van der Waals surface area (Å²) < 4.78 is 0. The van der Waals surface area contributed by atoms with Crippen LogP contribution in [-0.4, -0.2) is 16.2 Å². The summed E-state index contributed by atoms with van der Waals surface area (Å²) in [5, 5.41) is 16.8. The number of aliphatic hydroxyl groups is 1. The van der Waals surface area contributed by atoms with E-state index < -0.39 is 5.97 Å². The summed E-state index contributed by atoms with van der Waals surface area (Å²) in [7, 11) is 0. The van der Waals surface area contributed by atoms with Gasteiger partial charge in [-0.25, -0.2) is 0 Å². The van der Waals surface area contributed by atoms with Crippen LogP contribution in [0.4, 0.5) is 0 Å². The quantitative estimate of drug-likeness (QED) is 0.661. The first-order chi connectivity index (χ1) is 6.61. The summed E-state index contributed by atoms with van der Waals surface area (Å²) in [5.41, 5.74) is 2.44. The molecular formula is C11H14O3. The summed E-state index contributed by atoms with van der Waals surface area (Å²) in [6.45, 7) is 1.08. The lowest BCUT2D eigenvalue weighted by Crippen LogP contribution is -1.88. The Morgan fingerprint density at radius 3 is 2.57 bits per heavy atom. The fourth-order valence-electron chi connectivity index (χ4n) is 1.53. The first-order valence-corrected chi connectivity index (χ1v) is 4.56. The highest BCUT2D eigenvalue weighted by Crippen LogP contribution is 2.29. The van der Waals surface area contributed by atoms with Gasteiger partial charge in [0, 0.05) is 6.92 Å². The van der Waals surface area contributed by atoms with Gasteiger partial charge in [-0.2, -0.15) is 0 Å². The van der Waals surface area contributed by atoms with E-state index in [1.165, 1.54) is 5.56 Å². The summed E-state index contributed by atoms with van der Waals surface area (Å²) >= 11 is 0. The number of carboxylic acid groups (broad SMARTS) is 1. The maximum absolute atomic E-state index is 9.38. The number of aliphatic hydroxyl groups excluding tert-OH is 1. The summed E-state index contributed by atoms with van der Waals surface area (Å²) in [5.74, 6) is -0.833. The van der Waals surface area contributed by atoms with E-state index in [2.05, 4.69) is 6.07 Å². The summed E-state index contributed by atoms with van der Waals surface area (Å²) in [4.78, 5) is 9.00. The third-order valence-corrected chi connectivity index (χ3v) is 2.10. The van der Waals surface area contributed by atoms with Crippen molar-refractivity contribution in [3.8, 4) is 0 Å². The van der Waals surface area contributed by atoms with Crippen LogP contribution in [0.25, 0.3) is 0 Å². The van der Waals surface area contributed by atoms with Crippen LogP contribution in [0.3, 0.4) is 0 Å². The van der Waals surface area contributed by atoms with Gasteiger partial charge in [-0.3, -0.25) is 4.79 Å². The average Bonchev–Trinajstić information content (AvgIpc) is 2.48. The van der Waals surface area contributed by atoms with Gasteiger partial charge >= 0.3 is 0 Å². The second kappa shape index (κ2) is 4.77. The average molecular weight is 194 g/mol. The molecule has 3 heteroatoms. The molecule has 1 unspecified atom stereocenters. The molecule has 1 aliphatic carbocycles. The maximum atomic E-state index is 9.38. The highest BCUT2D eigenvalue weighted by atomic mass is 16.4. The molecule has 3 nitrogen and oxygen atoms in total. The zero-order valence-electron chi connectivity index (χ0n) is 8.10. The number of hydrogen-bond donors (Lipinski definition) is 2. The Labute approximate surface area is 83.0 Å². The Kier molecular flexibility index (Phi) is 3.65. The highest BCUT2D eigenvalue weighted by molar-refractivity contribution is 5.62. The molecule has 0 fully saturated rings. The minimum atomic E-state index is -0.833. The maximum Gasteiger partial charge on any atom is 0.300 e. The third-order valence-electron chi connectivity index (χ3n) is 2.10. The zero-order valence-corrected chi connectivity index (χ0v) is 8.10. The van der Waals surface area contributed by atoms with Crippen molar-refractivity contribution in [2.75, 3.05) is 0 Å². The number of benzene rings is 1. The van der Waals surface area contributed by atoms with Crippen LogP contribution in [0.5, 0.6) is 0 Å². The molecule has 1 atom stereocenters. The van der Waals surface area contributed by atoms with E-state index in [1.54, 1.807) is 0 Å². The van der Waals surface area contributed by atoms with E-state index in [4.69, 9.17) is 9.90 Å². The van der Waals surface area contributed by atoms with Crippen molar-refractivity contribution in [2.45, 2.75) is 25.9 Å². The molecule has 0 heterocycles. The van der Waals surface area contributed by atoms with Crippen molar-refractivity contribution in [3.05, 3.63) is 35.4 Å². The fourth-order valence-corrected chi connectivity index (χ4v) is 1.53. The molecule has 0 aromatic heterocycles. The number of carbonyl (C=O) groups is 1. The topological polar surface area (TPSA) is 57.5 Å². The molecule has 0 amide bonds. The number of hydrogen-bond acceptors (Lipinski definition) is 2. The van der Waals surface area contributed by atoms with Gasteiger partial charge in [0.2, 0.25) is 0 Å². The Balaban J connectivity index is 0.000000213. The van der Waals surface area contributed by atoms with Crippen molar-refractivity contribution in [3.63, 3.8) is 0 Å². The van der Waals surface area contributed by atoms with E-state index in [-0.39, 0.29) is 6.10 Å². The fraction of sp³-hybridized carbons (Fsp3) is 0.364. The van der Waals surface area contributed by atoms with Crippen LogP contribution >= 0.6 is 0 Å². The van der Waals surface area contributed by atoms with Crippen LogP contribution < -0.4 is 0 Å². The molecule has 14 heavy (non-hydrogen) atoms. The second-order valence-corrected chi connectivity index (χ2v) is 3.27. The molecule has 0 saturated carbocycles. The minimum absolute atomic E-state index is 0.198. The van der Waals surface area contributed by atoms with Gasteiger partial charge in [0.1, 0.15) is 0 Å². The molecule has 0 bridgehead atoms. The minimum Gasteiger partial charge on any atom is -0.481 e. The van der Waals surface area contributed by atoms with E-state index in [1.807, 2.05) is 18.2 Å². The molecule has 1 aliphatic rings. The monoisotopic (exact) mass is 194 g/mol. The van der Waals surface area contributed by atoms with Crippen LogP contribution in [-0.2, 0) is 11.2 Å². The Morgan fingerprint density at radius 2 is 2.00 bits per heavy atom. The molecule has 0 spiro atoms. The largest absolute Gasteiger partial charge is 0.481 e. The molecule has 0 aliphatic heterocycles. The molecular weight excluding hydrogens is 180 g/mol. The van der Waals surface area contributed by atoms with Gasteiger partial charge in [-0.15, -0.1) is 0 Å². The van der Waals surface area contributed by atoms with Crippen molar-refractivity contribution in [1.82, 2.24) is 0 Å². The van der Waals surface area contributed by atoms with Crippen molar-refractivity contribution < 1.29 is 15.0 Å². The van der Waals surface area contributed by atoms with E-state index in [0.717, 1.165) is 25.3 Å². The van der Waals surface area contributed by atoms with Gasteiger partial charge < -0.3 is 10.2 Å². The number of carboxylic acids is 1. The molecule has 1 aromatic carbocycles. The first kappa shape index (κ1) is 10.7. The van der Waals surface area contributed by atoms with Gasteiger partial charge in [0.15, 0.2) is 0 Å². The van der Waals surface area contributed by atoms with E-state index in [0.29, 0.717) is 0 Å². The number of fused-ring (bicyclic) bond motifs is 1.